The molecule has 2 unspecified atom stereocenters. The Kier molecular flexibility index (Phi) is 2.82. The van der Waals surface area contributed by atoms with Gasteiger partial charge in [-0.1, -0.05) is 18.6 Å². The normalized spacial score (nSPS) is 26.7. The van der Waals surface area contributed by atoms with Gasteiger partial charge in [-0.25, -0.2) is 4.39 Å². The van der Waals surface area contributed by atoms with E-state index in [2.05, 4.69) is 0 Å². The minimum Gasteiger partial charge on any atom is -0.393 e. The number of rotatable bonds is 2. The van der Waals surface area contributed by atoms with Gasteiger partial charge in [-0.05, 0) is 42.9 Å². The van der Waals surface area contributed by atoms with E-state index >= 15 is 0 Å². The lowest BCUT2D eigenvalue weighted by molar-refractivity contribution is 0.132. The van der Waals surface area contributed by atoms with Crippen molar-refractivity contribution in [3.05, 3.63) is 35.6 Å². The van der Waals surface area contributed by atoms with E-state index in [-0.39, 0.29) is 11.9 Å². The first-order valence-electron chi connectivity index (χ1n) is 5.18. The summed E-state index contributed by atoms with van der Waals surface area (Å²) >= 11 is 0. The summed E-state index contributed by atoms with van der Waals surface area (Å²) in [6.07, 6.45) is 3.69. The summed E-state index contributed by atoms with van der Waals surface area (Å²) in [5, 5.41) is 9.63. The zero-order chi connectivity index (χ0) is 9.97. The summed E-state index contributed by atoms with van der Waals surface area (Å²) in [5.41, 5.74) is 0.996. The highest BCUT2D eigenvalue weighted by molar-refractivity contribution is 5.17. The zero-order valence-corrected chi connectivity index (χ0v) is 8.12. The first-order chi connectivity index (χ1) is 6.75. The van der Waals surface area contributed by atoms with Crippen LogP contribution in [0.15, 0.2) is 24.3 Å². The van der Waals surface area contributed by atoms with Crippen LogP contribution in [0.25, 0.3) is 0 Å². The summed E-state index contributed by atoms with van der Waals surface area (Å²) in [4.78, 5) is 0. The van der Waals surface area contributed by atoms with Gasteiger partial charge in [0.2, 0.25) is 0 Å². The van der Waals surface area contributed by atoms with E-state index in [9.17, 15) is 9.50 Å². The molecule has 1 aliphatic carbocycles. The fourth-order valence-corrected chi connectivity index (χ4v) is 2.22. The summed E-state index contributed by atoms with van der Waals surface area (Å²) < 4.78 is 12.9. The Bertz CT molecular complexity index is 311. The molecule has 1 aliphatic rings. The van der Waals surface area contributed by atoms with Gasteiger partial charge < -0.3 is 5.11 Å². The van der Waals surface area contributed by atoms with Gasteiger partial charge in [0.1, 0.15) is 5.82 Å². The molecule has 1 N–H and O–H groups in total. The van der Waals surface area contributed by atoms with E-state index in [1.54, 1.807) is 12.1 Å². The molecule has 0 radical (unpaired) electrons. The average Bonchev–Trinajstić information content (AvgIpc) is 2.52. The largest absolute Gasteiger partial charge is 0.393 e. The summed E-state index contributed by atoms with van der Waals surface area (Å²) in [7, 11) is 0. The van der Waals surface area contributed by atoms with Crippen molar-refractivity contribution in [1.82, 2.24) is 0 Å². The van der Waals surface area contributed by atoms with Crippen LogP contribution in [0.5, 0.6) is 0 Å². The minimum atomic E-state index is -0.185. The third-order valence-corrected chi connectivity index (χ3v) is 3.01. The number of halogens is 1. The van der Waals surface area contributed by atoms with Crippen LogP contribution in [0, 0.1) is 11.7 Å². The quantitative estimate of drug-likeness (QED) is 0.767. The van der Waals surface area contributed by atoms with Crippen molar-refractivity contribution < 1.29 is 9.50 Å². The Morgan fingerprint density at radius 1 is 1.36 bits per heavy atom. The van der Waals surface area contributed by atoms with E-state index in [4.69, 9.17) is 0 Å². The van der Waals surface area contributed by atoms with Crippen LogP contribution in [0.3, 0.4) is 0 Å². The van der Waals surface area contributed by atoms with Crippen molar-refractivity contribution in [2.75, 3.05) is 0 Å². The third kappa shape index (κ3) is 2.13. The Morgan fingerprint density at radius 2 is 2.21 bits per heavy atom. The molecule has 14 heavy (non-hydrogen) atoms. The van der Waals surface area contributed by atoms with Crippen LogP contribution < -0.4 is 0 Å². The highest BCUT2D eigenvalue weighted by atomic mass is 19.1. The van der Waals surface area contributed by atoms with Crippen LogP contribution >= 0.6 is 0 Å². The molecule has 1 saturated carbocycles. The second kappa shape index (κ2) is 4.09. The van der Waals surface area contributed by atoms with E-state index in [1.165, 1.54) is 6.07 Å². The SMILES string of the molecule is OC1CCCC1Cc1cccc(F)c1. The van der Waals surface area contributed by atoms with Crippen molar-refractivity contribution in [3.8, 4) is 0 Å². The third-order valence-electron chi connectivity index (χ3n) is 3.01. The molecule has 2 heteroatoms. The molecule has 1 aromatic carbocycles. The van der Waals surface area contributed by atoms with Gasteiger partial charge in [-0.15, -0.1) is 0 Å². The molecule has 0 spiro atoms. The molecular formula is C12H15FO. The molecule has 0 aromatic heterocycles. The lowest BCUT2D eigenvalue weighted by Crippen LogP contribution is -2.15. The molecule has 1 aromatic rings. The maximum absolute atomic E-state index is 12.9. The second-order valence-corrected chi connectivity index (χ2v) is 4.09. The number of benzene rings is 1. The van der Waals surface area contributed by atoms with Gasteiger partial charge in [0.25, 0.3) is 0 Å². The van der Waals surface area contributed by atoms with Crippen molar-refractivity contribution >= 4 is 0 Å². The minimum absolute atomic E-state index is 0.182. The average molecular weight is 194 g/mol. The van der Waals surface area contributed by atoms with Gasteiger partial charge in [-0.3, -0.25) is 0 Å². The van der Waals surface area contributed by atoms with Gasteiger partial charge in [0.15, 0.2) is 0 Å². The van der Waals surface area contributed by atoms with E-state index < -0.39 is 0 Å². The van der Waals surface area contributed by atoms with Gasteiger partial charge in [-0.2, -0.15) is 0 Å². The molecule has 2 atom stereocenters. The predicted molar refractivity (Wildman–Crippen MR) is 53.5 cm³/mol. The molecule has 2 rings (SSSR count). The Balaban J connectivity index is 2.03. The van der Waals surface area contributed by atoms with Gasteiger partial charge in [0.05, 0.1) is 6.10 Å². The van der Waals surface area contributed by atoms with Crippen molar-refractivity contribution in [3.63, 3.8) is 0 Å². The molecule has 0 aliphatic heterocycles. The maximum Gasteiger partial charge on any atom is 0.123 e. The molecule has 76 valence electrons. The first kappa shape index (κ1) is 9.66. The van der Waals surface area contributed by atoms with Crippen molar-refractivity contribution in [2.24, 2.45) is 5.92 Å². The molecule has 0 amide bonds. The monoisotopic (exact) mass is 194 g/mol. The van der Waals surface area contributed by atoms with Gasteiger partial charge >= 0.3 is 0 Å². The van der Waals surface area contributed by atoms with E-state index in [0.717, 1.165) is 31.2 Å². The van der Waals surface area contributed by atoms with Crippen LogP contribution in [0.2, 0.25) is 0 Å². The molecular weight excluding hydrogens is 179 g/mol. The fourth-order valence-electron chi connectivity index (χ4n) is 2.22. The maximum atomic E-state index is 12.9. The highest BCUT2D eigenvalue weighted by Crippen LogP contribution is 2.28. The van der Waals surface area contributed by atoms with Gasteiger partial charge in [0, 0.05) is 0 Å². The van der Waals surface area contributed by atoms with Crippen LogP contribution in [-0.2, 0) is 6.42 Å². The standard InChI is InChI=1S/C12H15FO/c13-11-5-1-3-9(8-11)7-10-4-2-6-12(10)14/h1,3,5,8,10,12,14H,2,4,6-7H2. The zero-order valence-electron chi connectivity index (χ0n) is 8.12. The highest BCUT2D eigenvalue weighted by Gasteiger charge is 2.25. The van der Waals surface area contributed by atoms with Crippen LogP contribution in [0.4, 0.5) is 4.39 Å². The van der Waals surface area contributed by atoms with E-state index in [0.29, 0.717) is 5.92 Å². The van der Waals surface area contributed by atoms with Crippen molar-refractivity contribution in [1.29, 1.82) is 0 Å². The number of aliphatic hydroxyl groups excluding tert-OH is 1. The number of hydrogen-bond donors (Lipinski definition) is 1. The number of aliphatic hydroxyl groups is 1. The van der Waals surface area contributed by atoms with Crippen LogP contribution in [-0.4, -0.2) is 11.2 Å². The van der Waals surface area contributed by atoms with Crippen LogP contribution in [0.1, 0.15) is 24.8 Å². The molecule has 0 saturated heterocycles. The summed E-state index contributed by atoms with van der Waals surface area (Å²) in [6.45, 7) is 0. The fraction of sp³-hybridized carbons (Fsp3) is 0.500. The molecule has 1 fully saturated rings. The Morgan fingerprint density at radius 3 is 2.86 bits per heavy atom. The predicted octanol–water partition coefficient (Wildman–Crippen LogP) is 2.53. The number of hydrogen-bond acceptors (Lipinski definition) is 1. The Labute approximate surface area is 83.6 Å². The summed E-state index contributed by atoms with van der Waals surface area (Å²) in [6, 6.07) is 6.67. The molecule has 0 bridgehead atoms. The lowest BCUT2D eigenvalue weighted by Gasteiger charge is -2.13. The lowest BCUT2D eigenvalue weighted by atomic mass is 9.96. The Hall–Kier alpha value is -0.890. The van der Waals surface area contributed by atoms with E-state index in [1.807, 2.05) is 6.07 Å². The molecule has 1 nitrogen and oxygen atoms in total. The summed E-state index contributed by atoms with van der Waals surface area (Å²) in [5.74, 6) is 0.145. The van der Waals surface area contributed by atoms with Crippen molar-refractivity contribution in [2.45, 2.75) is 31.8 Å². The topological polar surface area (TPSA) is 20.2 Å². The first-order valence-corrected chi connectivity index (χ1v) is 5.18. The second-order valence-electron chi connectivity index (χ2n) is 4.09. The smallest absolute Gasteiger partial charge is 0.123 e. The molecule has 0 heterocycles.